The zero-order chi connectivity index (χ0) is 16.2. The van der Waals surface area contributed by atoms with Crippen LogP contribution in [0.4, 0.5) is 8.78 Å². The van der Waals surface area contributed by atoms with Gasteiger partial charge in [0.1, 0.15) is 11.6 Å². The van der Waals surface area contributed by atoms with Gasteiger partial charge in [0.2, 0.25) is 0 Å². The van der Waals surface area contributed by atoms with E-state index < -0.39 is 11.6 Å². The number of guanidine groups is 1. The molecule has 0 spiro atoms. The minimum absolute atomic E-state index is 0.177. The maximum Gasteiger partial charge on any atom is 0.191 e. The maximum absolute atomic E-state index is 13.5. The fourth-order valence-electron chi connectivity index (χ4n) is 1.81. The van der Waals surface area contributed by atoms with Crippen LogP contribution in [0.15, 0.2) is 23.2 Å². The van der Waals surface area contributed by atoms with Crippen molar-refractivity contribution in [1.29, 1.82) is 0 Å². The first-order valence-electron chi connectivity index (χ1n) is 7.63. The van der Waals surface area contributed by atoms with Crippen molar-refractivity contribution in [3.8, 4) is 0 Å². The summed E-state index contributed by atoms with van der Waals surface area (Å²) in [5.74, 6) is -0.337. The van der Waals surface area contributed by atoms with Gasteiger partial charge >= 0.3 is 0 Å². The van der Waals surface area contributed by atoms with Gasteiger partial charge < -0.3 is 15.4 Å². The van der Waals surface area contributed by atoms with Gasteiger partial charge in [-0.3, -0.25) is 4.99 Å². The average Bonchev–Trinajstić information content (AvgIpc) is 2.52. The van der Waals surface area contributed by atoms with Crippen molar-refractivity contribution >= 4 is 5.96 Å². The smallest absolute Gasteiger partial charge is 0.191 e. The number of unbranched alkanes of at least 4 members (excludes halogenated alkanes) is 1. The topological polar surface area (TPSA) is 45.6 Å². The van der Waals surface area contributed by atoms with Gasteiger partial charge in [0.25, 0.3) is 0 Å². The predicted octanol–water partition coefficient (Wildman–Crippen LogP) is 2.84. The van der Waals surface area contributed by atoms with Crippen LogP contribution < -0.4 is 10.6 Å². The van der Waals surface area contributed by atoms with Gasteiger partial charge in [-0.25, -0.2) is 8.78 Å². The summed E-state index contributed by atoms with van der Waals surface area (Å²) in [7, 11) is 1.63. The lowest BCUT2D eigenvalue weighted by Crippen LogP contribution is -2.37. The Morgan fingerprint density at radius 3 is 2.68 bits per heavy atom. The number of nitrogens with zero attached hydrogens (tertiary/aromatic N) is 1. The monoisotopic (exact) mass is 313 g/mol. The maximum atomic E-state index is 13.5. The van der Waals surface area contributed by atoms with Crippen LogP contribution in [0, 0.1) is 11.6 Å². The highest BCUT2D eigenvalue weighted by molar-refractivity contribution is 5.79. The Labute approximate surface area is 131 Å². The third-order valence-electron chi connectivity index (χ3n) is 3.08. The van der Waals surface area contributed by atoms with Gasteiger partial charge in [0, 0.05) is 38.9 Å². The Hall–Kier alpha value is -1.69. The van der Waals surface area contributed by atoms with E-state index in [0.29, 0.717) is 19.1 Å². The van der Waals surface area contributed by atoms with Gasteiger partial charge in [-0.1, -0.05) is 13.3 Å². The van der Waals surface area contributed by atoms with E-state index in [9.17, 15) is 8.78 Å². The number of nitrogens with one attached hydrogen (secondary N) is 2. The molecule has 0 unspecified atom stereocenters. The molecule has 0 aliphatic heterocycles. The minimum atomic E-state index is -0.453. The molecule has 0 aliphatic carbocycles. The van der Waals surface area contributed by atoms with Crippen molar-refractivity contribution in [1.82, 2.24) is 10.6 Å². The van der Waals surface area contributed by atoms with E-state index in [1.54, 1.807) is 7.05 Å². The second-order valence-corrected chi connectivity index (χ2v) is 4.91. The molecule has 0 saturated carbocycles. The molecular formula is C16H25F2N3O. The van der Waals surface area contributed by atoms with Crippen LogP contribution in [0.25, 0.3) is 0 Å². The fraction of sp³-hybridized carbons (Fsp3) is 0.562. The standard InChI is InChI=1S/C16H25F2N3O/c1-3-4-9-22-10-5-8-20-16(19-2)21-12-13-11-14(17)6-7-15(13)18/h6-7,11H,3-5,8-10,12H2,1-2H3,(H2,19,20,21). The fourth-order valence-corrected chi connectivity index (χ4v) is 1.81. The van der Waals surface area contributed by atoms with E-state index in [-0.39, 0.29) is 12.1 Å². The predicted molar refractivity (Wildman–Crippen MR) is 84.9 cm³/mol. The summed E-state index contributed by atoms with van der Waals surface area (Å²) >= 11 is 0. The molecule has 1 aromatic carbocycles. The molecule has 0 heterocycles. The molecule has 0 saturated heterocycles. The molecule has 6 heteroatoms. The van der Waals surface area contributed by atoms with Crippen molar-refractivity contribution in [3.63, 3.8) is 0 Å². The Morgan fingerprint density at radius 2 is 1.95 bits per heavy atom. The molecule has 0 radical (unpaired) electrons. The van der Waals surface area contributed by atoms with Gasteiger partial charge in [0.15, 0.2) is 5.96 Å². The molecule has 4 nitrogen and oxygen atoms in total. The lowest BCUT2D eigenvalue weighted by molar-refractivity contribution is 0.129. The molecule has 0 bridgehead atoms. The summed E-state index contributed by atoms with van der Waals surface area (Å²) < 4.78 is 32.0. The largest absolute Gasteiger partial charge is 0.381 e. The molecule has 2 N–H and O–H groups in total. The molecule has 0 amide bonds. The summed E-state index contributed by atoms with van der Waals surface area (Å²) in [6.07, 6.45) is 3.07. The van der Waals surface area contributed by atoms with E-state index in [0.717, 1.165) is 38.0 Å². The highest BCUT2D eigenvalue weighted by Gasteiger charge is 2.05. The second kappa shape index (κ2) is 11.0. The molecule has 1 rings (SSSR count). The van der Waals surface area contributed by atoms with Crippen LogP contribution in [0.3, 0.4) is 0 Å². The van der Waals surface area contributed by atoms with Crippen LogP contribution in [0.2, 0.25) is 0 Å². The quantitative estimate of drug-likeness (QED) is 0.419. The average molecular weight is 313 g/mol. The summed E-state index contributed by atoms with van der Waals surface area (Å²) in [4.78, 5) is 4.04. The Bertz CT molecular complexity index is 467. The van der Waals surface area contributed by atoms with Gasteiger partial charge in [-0.05, 0) is 31.0 Å². The van der Waals surface area contributed by atoms with E-state index in [4.69, 9.17) is 4.74 Å². The Kier molecular flexibility index (Phi) is 9.14. The lowest BCUT2D eigenvalue weighted by atomic mass is 10.2. The van der Waals surface area contributed by atoms with Crippen LogP contribution in [-0.4, -0.2) is 32.8 Å². The molecular weight excluding hydrogens is 288 g/mol. The number of hydrogen-bond acceptors (Lipinski definition) is 2. The summed E-state index contributed by atoms with van der Waals surface area (Å²) in [5, 5.41) is 6.06. The number of hydrogen-bond donors (Lipinski definition) is 2. The van der Waals surface area contributed by atoms with Gasteiger partial charge in [-0.2, -0.15) is 0 Å². The third kappa shape index (κ3) is 7.36. The Balaban J connectivity index is 2.24. The van der Waals surface area contributed by atoms with E-state index in [2.05, 4.69) is 22.5 Å². The summed E-state index contributed by atoms with van der Waals surface area (Å²) in [6.45, 7) is 4.50. The normalized spacial score (nSPS) is 11.5. The zero-order valence-electron chi connectivity index (χ0n) is 13.3. The van der Waals surface area contributed by atoms with Crippen LogP contribution >= 0.6 is 0 Å². The molecule has 0 aromatic heterocycles. The molecule has 124 valence electrons. The van der Waals surface area contributed by atoms with E-state index in [1.165, 1.54) is 6.07 Å². The van der Waals surface area contributed by atoms with Gasteiger partial charge in [0.05, 0.1) is 0 Å². The van der Waals surface area contributed by atoms with Gasteiger partial charge in [-0.15, -0.1) is 0 Å². The highest BCUT2D eigenvalue weighted by atomic mass is 19.1. The number of rotatable bonds is 9. The van der Waals surface area contributed by atoms with E-state index in [1.807, 2.05) is 0 Å². The van der Waals surface area contributed by atoms with Crippen LogP contribution in [-0.2, 0) is 11.3 Å². The van der Waals surface area contributed by atoms with Crippen molar-refractivity contribution in [3.05, 3.63) is 35.4 Å². The summed E-state index contributed by atoms with van der Waals surface area (Å²) in [6, 6.07) is 3.40. The molecule has 0 fully saturated rings. The first-order chi connectivity index (χ1) is 10.7. The van der Waals surface area contributed by atoms with E-state index >= 15 is 0 Å². The zero-order valence-corrected chi connectivity index (χ0v) is 13.3. The number of benzene rings is 1. The van der Waals surface area contributed by atoms with Crippen molar-refractivity contribution in [2.45, 2.75) is 32.7 Å². The third-order valence-corrected chi connectivity index (χ3v) is 3.08. The van der Waals surface area contributed by atoms with Crippen molar-refractivity contribution in [2.24, 2.45) is 4.99 Å². The molecule has 0 atom stereocenters. The summed E-state index contributed by atoms with van der Waals surface area (Å²) in [5.41, 5.74) is 0.269. The molecule has 1 aromatic rings. The van der Waals surface area contributed by atoms with Crippen molar-refractivity contribution in [2.75, 3.05) is 26.8 Å². The number of aliphatic imine (C=N–C) groups is 1. The number of ether oxygens (including phenoxy) is 1. The Morgan fingerprint density at radius 1 is 1.18 bits per heavy atom. The SMILES string of the molecule is CCCCOCCCNC(=NC)NCc1cc(F)ccc1F. The van der Waals surface area contributed by atoms with Crippen LogP contribution in [0.1, 0.15) is 31.7 Å². The minimum Gasteiger partial charge on any atom is -0.381 e. The van der Waals surface area contributed by atoms with Crippen LogP contribution in [0.5, 0.6) is 0 Å². The van der Waals surface area contributed by atoms with Crippen molar-refractivity contribution < 1.29 is 13.5 Å². The lowest BCUT2D eigenvalue weighted by Gasteiger charge is -2.12. The highest BCUT2D eigenvalue weighted by Crippen LogP contribution is 2.08. The second-order valence-electron chi connectivity index (χ2n) is 4.91. The molecule has 0 aliphatic rings. The molecule has 22 heavy (non-hydrogen) atoms. The number of halogens is 2. The first kappa shape index (κ1) is 18.4. The first-order valence-corrected chi connectivity index (χ1v) is 7.63.